The van der Waals surface area contributed by atoms with Gasteiger partial charge in [-0.25, -0.2) is 9.07 Å². The van der Waals surface area contributed by atoms with Crippen molar-refractivity contribution < 1.29 is 13.9 Å². The Kier molecular flexibility index (Phi) is 4.60. The average molecular weight is 385 g/mol. The number of amides is 1. The molecule has 8 heteroatoms. The molecular formula is C20H24FN5O2. The van der Waals surface area contributed by atoms with Crippen molar-refractivity contribution in [1.29, 1.82) is 0 Å². The third kappa shape index (κ3) is 3.54. The van der Waals surface area contributed by atoms with Crippen molar-refractivity contribution in [2.24, 2.45) is 5.92 Å². The van der Waals surface area contributed by atoms with Crippen molar-refractivity contribution in [3.05, 3.63) is 47.0 Å². The highest BCUT2D eigenvalue weighted by molar-refractivity contribution is 5.81. The summed E-state index contributed by atoms with van der Waals surface area (Å²) in [4.78, 5) is 16.5. The van der Waals surface area contributed by atoms with Crippen molar-refractivity contribution in [3.8, 4) is 0 Å². The van der Waals surface area contributed by atoms with E-state index in [1.807, 2.05) is 9.58 Å². The van der Waals surface area contributed by atoms with Gasteiger partial charge < -0.3 is 9.64 Å². The molecule has 0 bridgehead atoms. The summed E-state index contributed by atoms with van der Waals surface area (Å²) in [5.74, 6) is 0.380. The second-order valence-corrected chi connectivity index (χ2v) is 7.89. The zero-order valence-corrected chi connectivity index (χ0v) is 15.8. The van der Waals surface area contributed by atoms with E-state index in [0.717, 1.165) is 62.5 Å². The molecule has 7 nitrogen and oxygen atoms in total. The fourth-order valence-corrected chi connectivity index (χ4v) is 3.99. The van der Waals surface area contributed by atoms with E-state index in [4.69, 9.17) is 4.74 Å². The molecular weight excluding hydrogens is 361 g/mol. The Hall–Kier alpha value is -2.32. The molecule has 1 aliphatic carbocycles. The largest absolute Gasteiger partial charge is 0.365 e. The van der Waals surface area contributed by atoms with E-state index < -0.39 is 0 Å². The van der Waals surface area contributed by atoms with Gasteiger partial charge in [-0.1, -0.05) is 17.3 Å². The number of fused-ring (bicyclic) bond motifs is 1. The summed E-state index contributed by atoms with van der Waals surface area (Å²) in [7, 11) is 0. The molecule has 0 radical (unpaired) electrons. The molecule has 28 heavy (non-hydrogen) atoms. The molecule has 1 saturated heterocycles. The van der Waals surface area contributed by atoms with Crippen LogP contribution in [-0.2, 0) is 29.2 Å². The van der Waals surface area contributed by atoms with Gasteiger partial charge >= 0.3 is 0 Å². The van der Waals surface area contributed by atoms with Crippen LogP contribution in [0.15, 0.2) is 24.3 Å². The van der Waals surface area contributed by atoms with Gasteiger partial charge in [-0.05, 0) is 30.5 Å². The van der Waals surface area contributed by atoms with Crippen LogP contribution >= 0.6 is 0 Å². The smallest absolute Gasteiger partial charge is 0.225 e. The highest BCUT2D eigenvalue weighted by Crippen LogP contribution is 2.31. The summed E-state index contributed by atoms with van der Waals surface area (Å²) in [6, 6.07) is 6.42. The molecule has 2 aliphatic heterocycles. The van der Waals surface area contributed by atoms with Crippen molar-refractivity contribution in [1.82, 2.24) is 24.8 Å². The van der Waals surface area contributed by atoms with Gasteiger partial charge in [0.15, 0.2) is 0 Å². The highest BCUT2D eigenvalue weighted by atomic mass is 19.1. The molecule has 0 spiro atoms. The van der Waals surface area contributed by atoms with Gasteiger partial charge in [-0.3, -0.25) is 9.69 Å². The molecule has 0 N–H and O–H groups in total. The second kappa shape index (κ2) is 7.25. The van der Waals surface area contributed by atoms with Crippen molar-refractivity contribution in [2.75, 3.05) is 26.2 Å². The second-order valence-electron chi connectivity index (χ2n) is 7.89. The normalized spacial score (nSPS) is 22.9. The lowest BCUT2D eigenvalue weighted by Crippen LogP contribution is -2.48. The number of nitrogens with zero attached hydrogens (tertiary/aromatic N) is 5. The number of piperazine rings is 1. The zero-order valence-electron chi connectivity index (χ0n) is 15.8. The molecule has 1 atom stereocenters. The molecule has 3 heterocycles. The van der Waals surface area contributed by atoms with Crippen LogP contribution in [0, 0.1) is 11.7 Å². The number of benzene rings is 1. The van der Waals surface area contributed by atoms with Gasteiger partial charge in [0, 0.05) is 38.6 Å². The number of ether oxygens (including phenoxy) is 1. The van der Waals surface area contributed by atoms with Gasteiger partial charge in [0.05, 0.1) is 18.8 Å². The van der Waals surface area contributed by atoms with Gasteiger partial charge in [0.1, 0.15) is 17.6 Å². The standard InChI is InChI=1S/C20H24FN5O2/c21-16-5-3-14(4-6-16)19-12-26-18(13-28-19)17(22-23-26)11-24-7-9-25(10-8-24)20(27)15-1-2-15/h3-6,15,19H,1-2,7-13H2. The Labute approximate surface area is 163 Å². The number of hydrogen-bond donors (Lipinski definition) is 0. The first-order chi connectivity index (χ1) is 13.7. The molecule has 1 aromatic heterocycles. The van der Waals surface area contributed by atoms with Crippen LogP contribution in [-0.4, -0.2) is 56.9 Å². The van der Waals surface area contributed by atoms with Crippen LogP contribution < -0.4 is 0 Å². The van der Waals surface area contributed by atoms with E-state index in [1.54, 1.807) is 12.1 Å². The lowest BCUT2D eigenvalue weighted by molar-refractivity contribution is -0.134. The number of carbonyl (C=O) groups is 1. The number of aromatic nitrogens is 3. The quantitative estimate of drug-likeness (QED) is 0.802. The summed E-state index contributed by atoms with van der Waals surface area (Å²) in [6.45, 7) is 5.07. The van der Waals surface area contributed by atoms with Crippen LogP contribution in [0.3, 0.4) is 0 Å². The fourth-order valence-electron chi connectivity index (χ4n) is 3.99. The third-order valence-electron chi connectivity index (χ3n) is 5.90. The van der Waals surface area contributed by atoms with Gasteiger partial charge in [-0.2, -0.15) is 0 Å². The fraction of sp³-hybridized carbons (Fsp3) is 0.550. The minimum Gasteiger partial charge on any atom is -0.365 e. The highest BCUT2D eigenvalue weighted by Gasteiger charge is 2.35. The first-order valence-electron chi connectivity index (χ1n) is 9.97. The number of halogens is 1. The number of rotatable bonds is 4. The Morgan fingerprint density at radius 3 is 2.61 bits per heavy atom. The summed E-state index contributed by atoms with van der Waals surface area (Å²) < 4.78 is 21.0. The van der Waals surface area contributed by atoms with Crippen LogP contribution in [0.1, 0.15) is 35.9 Å². The summed E-state index contributed by atoms with van der Waals surface area (Å²) in [6.07, 6.45) is 1.98. The van der Waals surface area contributed by atoms with E-state index in [9.17, 15) is 9.18 Å². The first-order valence-corrected chi connectivity index (χ1v) is 9.97. The maximum absolute atomic E-state index is 13.1. The van der Waals surface area contributed by atoms with Crippen molar-refractivity contribution in [3.63, 3.8) is 0 Å². The van der Waals surface area contributed by atoms with Gasteiger partial charge in [-0.15, -0.1) is 5.10 Å². The molecule has 1 aromatic carbocycles. The van der Waals surface area contributed by atoms with E-state index in [0.29, 0.717) is 25.0 Å². The number of hydrogen-bond acceptors (Lipinski definition) is 5. The topological polar surface area (TPSA) is 63.5 Å². The average Bonchev–Trinajstić information content (AvgIpc) is 3.50. The lowest BCUT2D eigenvalue weighted by atomic mass is 10.1. The molecule has 1 amide bonds. The minimum atomic E-state index is -0.248. The molecule has 2 aromatic rings. The Bertz CT molecular complexity index is 856. The van der Waals surface area contributed by atoms with Crippen LogP contribution in [0.5, 0.6) is 0 Å². The molecule has 5 rings (SSSR count). The monoisotopic (exact) mass is 385 g/mol. The SMILES string of the molecule is O=C(C1CC1)N1CCN(Cc2nnn3c2COC(c2ccc(F)cc2)C3)CC1. The molecule has 3 aliphatic rings. The van der Waals surface area contributed by atoms with Crippen LogP contribution in [0.2, 0.25) is 0 Å². The summed E-state index contributed by atoms with van der Waals surface area (Å²) in [5.41, 5.74) is 2.90. The van der Waals surface area contributed by atoms with E-state index in [-0.39, 0.29) is 11.9 Å². The van der Waals surface area contributed by atoms with Gasteiger partial charge in [0.25, 0.3) is 0 Å². The lowest BCUT2D eigenvalue weighted by Gasteiger charge is -2.34. The number of carbonyl (C=O) groups excluding carboxylic acids is 1. The van der Waals surface area contributed by atoms with Crippen molar-refractivity contribution >= 4 is 5.91 Å². The van der Waals surface area contributed by atoms with Crippen molar-refractivity contribution in [2.45, 2.75) is 38.6 Å². The molecule has 148 valence electrons. The Morgan fingerprint density at radius 1 is 1.14 bits per heavy atom. The Morgan fingerprint density at radius 2 is 1.89 bits per heavy atom. The van der Waals surface area contributed by atoms with E-state index >= 15 is 0 Å². The van der Waals surface area contributed by atoms with Crippen LogP contribution in [0.25, 0.3) is 0 Å². The predicted molar refractivity (Wildman–Crippen MR) is 98.5 cm³/mol. The van der Waals surface area contributed by atoms with E-state index in [1.165, 1.54) is 12.1 Å². The van der Waals surface area contributed by atoms with Crippen LogP contribution in [0.4, 0.5) is 4.39 Å². The Balaban J connectivity index is 1.20. The summed E-state index contributed by atoms with van der Waals surface area (Å²) >= 11 is 0. The first kappa shape index (κ1) is 17.8. The minimum absolute atomic E-state index is 0.139. The molecule has 2 fully saturated rings. The molecule has 1 saturated carbocycles. The third-order valence-corrected chi connectivity index (χ3v) is 5.90. The zero-order chi connectivity index (χ0) is 19.1. The molecule has 1 unspecified atom stereocenters. The summed E-state index contributed by atoms with van der Waals surface area (Å²) in [5, 5.41) is 8.69. The maximum atomic E-state index is 13.1. The maximum Gasteiger partial charge on any atom is 0.225 e. The van der Waals surface area contributed by atoms with Gasteiger partial charge in [0.2, 0.25) is 5.91 Å². The van der Waals surface area contributed by atoms with E-state index in [2.05, 4.69) is 15.2 Å². The predicted octanol–water partition coefficient (Wildman–Crippen LogP) is 1.74.